The molecule has 0 spiro atoms. The summed E-state index contributed by atoms with van der Waals surface area (Å²) in [6, 6.07) is 8.00. The molecular formula is C19H29N3O4. The summed E-state index contributed by atoms with van der Waals surface area (Å²) < 4.78 is 5.27. The van der Waals surface area contributed by atoms with Gasteiger partial charge in [-0.15, -0.1) is 0 Å². The third-order valence-electron chi connectivity index (χ3n) is 4.72. The quantitative estimate of drug-likeness (QED) is 0.399. The van der Waals surface area contributed by atoms with E-state index in [4.69, 9.17) is 9.94 Å². The first-order chi connectivity index (χ1) is 12.6. The molecular weight excluding hydrogens is 334 g/mol. The number of anilines is 1. The first kappa shape index (κ1) is 20.0. The number of methoxy groups -OCH3 is 1. The highest BCUT2D eigenvalue weighted by Gasteiger charge is 2.21. The number of benzene rings is 1. The number of hydrogen-bond acceptors (Lipinski definition) is 5. The molecule has 1 aliphatic rings. The highest BCUT2D eigenvalue weighted by Crippen LogP contribution is 2.22. The van der Waals surface area contributed by atoms with Crippen molar-refractivity contribution in [2.24, 2.45) is 0 Å². The molecule has 1 aromatic rings. The minimum Gasteiger partial charge on any atom is -0.497 e. The average Bonchev–Trinajstić information content (AvgIpc) is 2.70. The molecule has 7 nitrogen and oxygen atoms in total. The van der Waals surface area contributed by atoms with Crippen molar-refractivity contribution in [1.29, 1.82) is 0 Å². The molecule has 26 heavy (non-hydrogen) atoms. The maximum absolute atomic E-state index is 12.3. The maximum Gasteiger partial charge on any atom is 0.243 e. The van der Waals surface area contributed by atoms with Crippen LogP contribution in [0, 0.1) is 0 Å². The molecule has 144 valence electrons. The number of rotatable bonds is 9. The van der Waals surface area contributed by atoms with Crippen molar-refractivity contribution in [1.82, 2.24) is 10.4 Å². The van der Waals surface area contributed by atoms with E-state index in [9.17, 15) is 9.59 Å². The summed E-state index contributed by atoms with van der Waals surface area (Å²) in [5.74, 6) is 0.704. The van der Waals surface area contributed by atoms with Gasteiger partial charge < -0.3 is 14.5 Å². The fourth-order valence-corrected chi connectivity index (χ4v) is 3.15. The fourth-order valence-electron chi connectivity index (χ4n) is 3.15. The van der Waals surface area contributed by atoms with Crippen LogP contribution in [0.1, 0.15) is 38.5 Å². The molecule has 0 unspecified atom stereocenters. The van der Waals surface area contributed by atoms with Crippen molar-refractivity contribution in [3.8, 4) is 5.75 Å². The Morgan fingerprint density at radius 2 is 1.77 bits per heavy atom. The van der Waals surface area contributed by atoms with E-state index in [1.165, 1.54) is 0 Å². The van der Waals surface area contributed by atoms with Gasteiger partial charge in [-0.1, -0.05) is 18.9 Å². The SMILES string of the molecule is COc1cccc(N2CCN(C(=O)CCCCCCC(=O)NO)CC2)c1. The van der Waals surface area contributed by atoms with E-state index in [-0.39, 0.29) is 11.8 Å². The van der Waals surface area contributed by atoms with Gasteiger partial charge in [-0.05, 0) is 25.0 Å². The van der Waals surface area contributed by atoms with Gasteiger partial charge in [0.25, 0.3) is 0 Å². The van der Waals surface area contributed by atoms with Crippen LogP contribution in [-0.2, 0) is 9.59 Å². The third-order valence-corrected chi connectivity index (χ3v) is 4.72. The van der Waals surface area contributed by atoms with Gasteiger partial charge in [0.2, 0.25) is 11.8 Å². The Labute approximate surface area is 154 Å². The summed E-state index contributed by atoms with van der Waals surface area (Å²) in [4.78, 5) is 27.4. The standard InChI is InChI=1S/C19H29N3O4/c1-26-17-8-6-7-16(15-17)21-11-13-22(14-12-21)19(24)10-5-3-2-4-9-18(23)20-25/h6-8,15,25H,2-5,9-14H2,1H3,(H,20,23). The molecule has 1 aliphatic heterocycles. The van der Waals surface area contributed by atoms with Gasteiger partial charge in [0, 0.05) is 50.8 Å². The molecule has 2 N–H and O–H groups in total. The molecule has 0 atom stereocenters. The molecule has 0 aliphatic carbocycles. The first-order valence-corrected chi connectivity index (χ1v) is 9.23. The number of carbonyl (C=O) groups excluding carboxylic acids is 2. The number of hydroxylamine groups is 1. The second-order valence-electron chi connectivity index (χ2n) is 6.52. The molecule has 2 rings (SSSR count). The van der Waals surface area contributed by atoms with E-state index in [2.05, 4.69) is 11.0 Å². The van der Waals surface area contributed by atoms with Gasteiger partial charge >= 0.3 is 0 Å². The van der Waals surface area contributed by atoms with Crippen LogP contribution in [0.3, 0.4) is 0 Å². The number of carbonyl (C=O) groups is 2. The van der Waals surface area contributed by atoms with Crippen LogP contribution < -0.4 is 15.1 Å². The monoisotopic (exact) mass is 363 g/mol. The van der Waals surface area contributed by atoms with Gasteiger partial charge in [0.05, 0.1) is 7.11 Å². The Bertz CT molecular complexity index is 586. The van der Waals surface area contributed by atoms with Crippen molar-refractivity contribution in [2.75, 3.05) is 38.2 Å². The molecule has 0 aromatic heterocycles. The molecule has 1 heterocycles. The van der Waals surface area contributed by atoms with Crippen molar-refractivity contribution in [2.45, 2.75) is 38.5 Å². The smallest absolute Gasteiger partial charge is 0.243 e. The van der Waals surface area contributed by atoms with Crippen LogP contribution in [0.5, 0.6) is 5.75 Å². The van der Waals surface area contributed by atoms with E-state index in [0.717, 1.165) is 63.3 Å². The van der Waals surface area contributed by atoms with E-state index >= 15 is 0 Å². The van der Waals surface area contributed by atoms with Crippen molar-refractivity contribution >= 4 is 17.5 Å². The predicted octanol–water partition coefficient (Wildman–Crippen LogP) is 2.19. The second-order valence-corrected chi connectivity index (χ2v) is 6.52. The van der Waals surface area contributed by atoms with Gasteiger partial charge in [0.1, 0.15) is 5.75 Å². The molecule has 0 radical (unpaired) electrons. The highest BCUT2D eigenvalue weighted by molar-refractivity contribution is 5.76. The molecule has 0 saturated carbocycles. The zero-order valence-corrected chi connectivity index (χ0v) is 15.4. The van der Waals surface area contributed by atoms with E-state index in [1.54, 1.807) is 12.6 Å². The number of amides is 2. The summed E-state index contributed by atoms with van der Waals surface area (Å²) in [6.45, 7) is 3.14. The number of piperazine rings is 1. The molecule has 1 aromatic carbocycles. The second kappa shape index (κ2) is 10.7. The topological polar surface area (TPSA) is 82.1 Å². The molecule has 1 saturated heterocycles. The average molecular weight is 363 g/mol. The van der Waals surface area contributed by atoms with Crippen LogP contribution in [0.15, 0.2) is 24.3 Å². The maximum atomic E-state index is 12.3. The number of nitrogens with one attached hydrogen (secondary N) is 1. The fraction of sp³-hybridized carbons (Fsp3) is 0.579. The zero-order chi connectivity index (χ0) is 18.8. The zero-order valence-electron chi connectivity index (χ0n) is 15.4. The Kier molecular flexibility index (Phi) is 8.21. The number of ether oxygens (including phenoxy) is 1. The molecule has 1 fully saturated rings. The van der Waals surface area contributed by atoms with Crippen molar-refractivity contribution in [3.05, 3.63) is 24.3 Å². The highest BCUT2D eigenvalue weighted by atomic mass is 16.5. The number of unbranched alkanes of at least 4 members (excludes halogenated alkanes) is 3. The largest absolute Gasteiger partial charge is 0.497 e. The lowest BCUT2D eigenvalue weighted by Gasteiger charge is -2.36. The third kappa shape index (κ3) is 6.22. The molecule has 7 heteroatoms. The number of nitrogens with zero attached hydrogens (tertiary/aromatic N) is 2. The van der Waals surface area contributed by atoms with Crippen LogP contribution in [0.2, 0.25) is 0 Å². The van der Waals surface area contributed by atoms with Crippen LogP contribution in [-0.4, -0.2) is 55.2 Å². The van der Waals surface area contributed by atoms with E-state index in [0.29, 0.717) is 12.8 Å². The van der Waals surface area contributed by atoms with Crippen molar-refractivity contribution in [3.63, 3.8) is 0 Å². The van der Waals surface area contributed by atoms with E-state index in [1.807, 2.05) is 23.1 Å². The summed E-state index contributed by atoms with van der Waals surface area (Å²) in [5.41, 5.74) is 2.76. The Morgan fingerprint density at radius 1 is 1.08 bits per heavy atom. The Morgan fingerprint density at radius 3 is 2.42 bits per heavy atom. The molecule has 2 amide bonds. The Balaban J connectivity index is 1.64. The van der Waals surface area contributed by atoms with Crippen LogP contribution in [0.4, 0.5) is 5.69 Å². The molecule has 0 bridgehead atoms. The summed E-state index contributed by atoms with van der Waals surface area (Å²) >= 11 is 0. The Hall–Kier alpha value is -2.28. The summed E-state index contributed by atoms with van der Waals surface area (Å²) in [5, 5.41) is 8.41. The summed E-state index contributed by atoms with van der Waals surface area (Å²) in [6.07, 6.45) is 4.29. The minimum absolute atomic E-state index is 0.211. The van der Waals surface area contributed by atoms with Gasteiger partial charge in [-0.25, -0.2) is 5.48 Å². The normalized spacial score (nSPS) is 14.2. The van der Waals surface area contributed by atoms with Crippen molar-refractivity contribution < 1.29 is 19.5 Å². The van der Waals surface area contributed by atoms with Gasteiger partial charge in [-0.2, -0.15) is 0 Å². The van der Waals surface area contributed by atoms with Crippen LogP contribution >= 0.6 is 0 Å². The van der Waals surface area contributed by atoms with Crippen LogP contribution in [0.25, 0.3) is 0 Å². The summed E-state index contributed by atoms with van der Waals surface area (Å²) in [7, 11) is 1.66. The lowest BCUT2D eigenvalue weighted by atomic mass is 10.1. The first-order valence-electron chi connectivity index (χ1n) is 9.23. The lowest BCUT2D eigenvalue weighted by molar-refractivity contribution is -0.132. The number of hydrogen-bond donors (Lipinski definition) is 2. The van der Waals surface area contributed by atoms with Gasteiger partial charge in [0.15, 0.2) is 0 Å². The predicted molar refractivity (Wildman–Crippen MR) is 99.4 cm³/mol. The van der Waals surface area contributed by atoms with Gasteiger partial charge in [-0.3, -0.25) is 14.8 Å². The lowest BCUT2D eigenvalue weighted by Crippen LogP contribution is -2.48. The minimum atomic E-state index is -0.352. The van der Waals surface area contributed by atoms with E-state index < -0.39 is 0 Å².